The van der Waals surface area contributed by atoms with E-state index in [0.29, 0.717) is 6.61 Å². The zero-order valence-electron chi connectivity index (χ0n) is 12.4. The summed E-state index contributed by atoms with van der Waals surface area (Å²) >= 11 is 0. The van der Waals surface area contributed by atoms with Gasteiger partial charge in [-0.2, -0.15) is 5.10 Å². The number of carbonyl (C=O) groups is 1. The van der Waals surface area contributed by atoms with Gasteiger partial charge < -0.3 is 4.74 Å². The highest BCUT2D eigenvalue weighted by atomic mass is 16.6. The van der Waals surface area contributed by atoms with Crippen LogP contribution in [0.15, 0.2) is 53.6 Å². The molecule has 0 aliphatic heterocycles. The predicted octanol–water partition coefficient (Wildman–Crippen LogP) is 2.76. The molecular formula is C16H15N3O4. The van der Waals surface area contributed by atoms with Crippen molar-refractivity contribution in [3.63, 3.8) is 0 Å². The van der Waals surface area contributed by atoms with Crippen LogP contribution in [-0.4, -0.2) is 23.7 Å². The normalized spacial score (nSPS) is 10.5. The lowest BCUT2D eigenvalue weighted by Crippen LogP contribution is -2.18. The van der Waals surface area contributed by atoms with Crippen molar-refractivity contribution in [3.05, 3.63) is 69.8 Å². The molecule has 0 saturated heterocycles. The van der Waals surface area contributed by atoms with Gasteiger partial charge in [0.1, 0.15) is 11.3 Å². The molecule has 0 aliphatic rings. The number of para-hydroxylation sites is 1. The van der Waals surface area contributed by atoms with Crippen LogP contribution in [0.4, 0.5) is 5.69 Å². The van der Waals surface area contributed by atoms with Gasteiger partial charge in [-0.1, -0.05) is 12.1 Å². The van der Waals surface area contributed by atoms with E-state index >= 15 is 0 Å². The average molecular weight is 313 g/mol. The first-order valence-electron chi connectivity index (χ1n) is 6.91. The van der Waals surface area contributed by atoms with Crippen LogP contribution in [0.3, 0.4) is 0 Å². The van der Waals surface area contributed by atoms with E-state index < -0.39 is 10.8 Å². The summed E-state index contributed by atoms with van der Waals surface area (Å²) in [6.07, 6.45) is 1.45. The molecule has 0 aliphatic carbocycles. The second kappa shape index (κ2) is 7.69. The monoisotopic (exact) mass is 313 g/mol. The molecule has 118 valence electrons. The van der Waals surface area contributed by atoms with E-state index in [-0.39, 0.29) is 11.3 Å². The summed E-state index contributed by atoms with van der Waals surface area (Å²) in [5.41, 5.74) is 2.73. The van der Waals surface area contributed by atoms with E-state index in [2.05, 4.69) is 10.5 Å². The van der Waals surface area contributed by atoms with Gasteiger partial charge in [0.05, 0.1) is 17.7 Å². The highest BCUT2D eigenvalue weighted by molar-refractivity contribution is 5.98. The lowest BCUT2D eigenvalue weighted by atomic mass is 10.2. The number of rotatable bonds is 6. The van der Waals surface area contributed by atoms with Gasteiger partial charge in [0.25, 0.3) is 11.6 Å². The lowest BCUT2D eigenvalue weighted by molar-refractivity contribution is -0.385. The van der Waals surface area contributed by atoms with Crippen LogP contribution in [0.1, 0.15) is 22.8 Å². The summed E-state index contributed by atoms with van der Waals surface area (Å²) < 4.78 is 5.32. The Labute approximate surface area is 132 Å². The summed E-state index contributed by atoms with van der Waals surface area (Å²) in [7, 11) is 0. The van der Waals surface area contributed by atoms with E-state index in [1.54, 1.807) is 30.3 Å². The number of carbonyl (C=O) groups excluding carboxylic acids is 1. The molecule has 0 atom stereocenters. The minimum absolute atomic E-state index is 0.0404. The fourth-order valence-corrected chi connectivity index (χ4v) is 1.87. The van der Waals surface area contributed by atoms with Crippen molar-refractivity contribution in [3.8, 4) is 5.75 Å². The maximum Gasteiger partial charge on any atom is 0.282 e. The number of ether oxygens (including phenoxy) is 1. The molecule has 0 bridgehead atoms. The molecule has 2 rings (SSSR count). The molecule has 1 amide bonds. The number of nitrogens with one attached hydrogen (secondary N) is 1. The molecule has 7 nitrogen and oxygen atoms in total. The Balaban J connectivity index is 2.03. The number of benzene rings is 2. The van der Waals surface area contributed by atoms with Gasteiger partial charge in [-0.25, -0.2) is 5.43 Å². The Bertz CT molecular complexity index is 726. The highest BCUT2D eigenvalue weighted by Crippen LogP contribution is 2.17. The summed E-state index contributed by atoms with van der Waals surface area (Å²) in [5.74, 6) is 0.105. The number of hydrogen-bond donors (Lipinski definition) is 1. The largest absolute Gasteiger partial charge is 0.494 e. The molecule has 0 spiro atoms. The Morgan fingerprint density at radius 2 is 1.96 bits per heavy atom. The highest BCUT2D eigenvalue weighted by Gasteiger charge is 2.18. The van der Waals surface area contributed by atoms with Crippen molar-refractivity contribution in [2.45, 2.75) is 6.92 Å². The zero-order chi connectivity index (χ0) is 16.7. The third kappa shape index (κ3) is 4.37. The summed E-state index contributed by atoms with van der Waals surface area (Å²) in [4.78, 5) is 22.2. The van der Waals surface area contributed by atoms with Crippen LogP contribution < -0.4 is 10.2 Å². The molecule has 0 aromatic heterocycles. The summed E-state index contributed by atoms with van der Waals surface area (Å²) in [6.45, 7) is 2.48. The first-order chi connectivity index (χ1) is 11.1. The van der Waals surface area contributed by atoms with Crippen molar-refractivity contribution in [2.24, 2.45) is 5.10 Å². The fourth-order valence-electron chi connectivity index (χ4n) is 1.87. The van der Waals surface area contributed by atoms with Crippen LogP contribution in [0.25, 0.3) is 0 Å². The van der Waals surface area contributed by atoms with Gasteiger partial charge in [-0.15, -0.1) is 0 Å². The molecule has 1 N–H and O–H groups in total. The topological polar surface area (TPSA) is 93.8 Å². The van der Waals surface area contributed by atoms with Crippen molar-refractivity contribution in [2.75, 3.05) is 6.61 Å². The van der Waals surface area contributed by atoms with Crippen LogP contribution >= 0.6 is 0 Å². The molecular weight excluding hydrogens is 298 g/mol. The molecule has 0 saturated carbocycles. The first-order valence-corrected chi connectivity index (χ1v) is 6.91. The maximum absolute atomic E-state index is 12.0. The Morgan fingerprint density at radius 3 is 2.61 bits per heavy atom. The van der Waals surface area contributed by atoms with Crippen molar-refractivity contribution in [1.29, 1.82) is 0 Å². The van der Waals surface area contributed by atoms with Crippen LogP contribution in [0, 0.1) is 10.1 Å². The van der Waals surface area contributed by atoms with Gasteiger partial charge in [0.2, 0.25) is 0 Å². The number of nitro groups is 1. The predicted molar refractivity (Wildman–Crippen MR) is 85.8 cm³/mol. The van der Waals surface area contributed by atoms with Crippen LogP contribution in [0.5, 0.6) is 5.75 Å². The van der Waals surface area contributed by atoms with Crippen molar-refractivity contribution >= 4 is 17.8 Å². The molecule has 0 radical (unpaired) electrons. The van der Waals surface area contributed by atoms with Gasteiger partial charge >= 0.3 is 0 Å². The molecule has 2 aromatic carbocycles. The summed E-state index contributed by atoms with van der Waals surface area (Å²) in [6, 6.07) is 12.8. The van der Waals surface area contributed by atoms with Gasteiger partial charge in [-0.05, 0) is 42.8 Å². The second-order valence-electron chi connectivity index (χ2n) is 4.48. The second-order valence-corrected chi connectivity index (χ2v) is 4.48. The first kappa shape index (κ1) is 16.2. The van der Waals surface area contributed by atoms with Crippen LogP contribution in [-0.2, 0) is 0 Å². The number of hydrogen-bond acceptors (Lipinski definition) is 5. The van der Waals surface area contributed by atoms with Gasteiger partial charge in [-0.3, -0.25) is 14.9 Å². The standard InChI is InChI=1S/C16H15N3O4/c1-2-23-13-9-7-12(8-10-13)11-17-18-16(20)14-5-3-4-6-15(14)19(21)22/h3-11H,2H2,1H3,(H,18,20)/b17-11-. The van der Waals surface area contributed by atoms with E-state index in [1.165, 1.54) is 24.4 Å². The van der Waals surface area contributed by atoms with E-state index in [4.69, 9.17) is 4.74 Å². The molecule has 0 fully saturated rings. The molecule has 7 heteroatoms. The third-order valence-corrected chi connectivity index (χ3v) is 2.92. The molecule has 2 aromatic rings. The van der Waals surface area contributed by atoms with Gasteiger partial charge in [0.15, 0.2) is 0 Å². The van der Waals surface area contributed by atoms with Crippen LogP contribution in [0.2, 0.25) is 0 Å². The van der Waals surface area contributed by atoms with E-state index in [1.807, 2.05) is 6.92 Å². The molecule has 23 heavy (non-hydrogen) atoms. The number of nitrogens with zero attached hydrogens (tertiary/aromatic N) is 2. The Hall–Kier alpha value is -3.22. The maximum atomic E-state index is 12.0. The lowest BCUT2D eigenvalue weighted by Gasteiger charge is -2.02. The van der Waals surface area contributed by atoms with Crippen molar-refractivity contribution < 1.29 is 14.5 Å². The third-order valence-electron chi connectivity index (χ3n) is 2.92. The van der Waals surface area contributed by atoms with E-state index in [0.717, 1.165) is 11.3 Å². The molecule has 0 heterocycles. The van der Waals surface area contributed by atoms with Gasteiger partial charge in [0, 0.05) is 6.07 Å². The number of hydrazone groups is 1. The zero-order valence-corrected chi connectivity index (χ0v) is 12.4. The SMILES string of the molecule is CCOc1ccc(/C=N\NC(=O)c2ccccc2[N+](=O)[O-])cc1. The minimum atomic E-state index is -0.639. The summed E-state index contributed by atoms with van der Waals surface area (Å²) in [5, 5.41) is 14.7. The van der Waals surface area contributed by atoms with Crippen molar-refractivity contribution in [1.82, 2.24) is 5.43 Å². The smallest absolute Gasteiger partial charge is 0.282 e. The number of nitro benzene ring substituents is 1. The molecule has 0 unspecified atom stereocenters. The van der Waals surface area contributed by atoms with E-state index in [9.17, 15) is 14.9 Å². The Morgan fingerprint density at radius 1 is 1.26 bits per heavy atom. The quantitative estimate of drug-likeness (QED) is 0.504. The average Bonchev–Trinajstić information content (AvgIpc) is 2.56. The fraction of sp³-hybridized carbons (Fsp3) is 0.125. The Kier molecular flexibility index (Phi) is 5.40. The number of amides is 1. The minimum Gasteiger partial charge on any atom is -0.494 e.